The third-order valence-electron chi connectivity index (χ3n) is 8.14. The Morgan fingerprint density at radius 3 is 2.37 bits per heavy atom. The molecule has 5 rings (SSSR count). The maximum Gasteiger partial charge on any atom is 0.434 e. The zero-order chi connectivity index (χ0) is 29.5. The van der Waals surface area contributed by atoms with Gasteiger partial charge in [0.05, 0.1) is 11.6 Å². The molecule has 2 aromatic heterocycles. The molecule has 0 radical (unpaired) electrons. The summed E-state index contributed by atoms with van der Waals surface area (Å²) in [6, 6.07) is 9.55. The lowest BCUT2D eigenvalue weighted by molar-refractivity contribution is -0.141. The van der Waals surface area contributed by atoms with E-state index in [1.807, 2.05) is 33.0 Å². The number of amides is 2. The predicted molar refractivity (Wildman–Crippen MR) is 148 cm³/mol. The largest absolute Gasteiger partial charge is 0.434 e. The van der Waals surface area contributed by atoms with Crippen LogP contribution in [0.5, 0.6) is 0 Å². The van der Waals surface area contributed by atoms with Crippen molar-refractivity contribution in [1.29, 1.82) is 0 Å². The number of pyridine rings is 1. The van der Waals surface area contributed by atoms with Gasteiger partial charge in [0.2, 0.25) is 0 Å². The zero-order valence-corrected chi connectivity index (χ0v) is 23.6. The molecular formula is C30H33F3N6O2. The fraction of sp³-hybridized carbons (Fsp3) is 0.433. The van der Waals surface area contributed by atoms with Crippen molar-refractivity contribution >= 4 is 17.6 Å². The monoisotopic (exact) mass is 566 g/mol. The van der Waals surface area contributed by atoms with Gasteiger partial charge in [0, 0.05) is 56.7 Å². The number of nitrogens with zero attached hydrogens (tertiary/aromatic N) is 6. The Balaban J connectivity index is 1.29. The van der Waals surface area contributed by atoms with Crippen LogP contribution in [0.25, 0.3) is 0 Å². The smallest absolute Gasteiger partial charge is 0.356 e. The number of hydrogen-bond donors (Lipinski definition) is 0. The van der Waals surface area contributed by atoms with Crippen molar-refractivity contribution in [3.8, 4) is 0 Å². The minimum Gasteiger partial charge on any atom is -0.356 e. The number of benzene rings is 1. The maximum absolute atomic E-state index is 13.5. The third kappa shape index (κ3) is 5.75. The van der Waals surface area contributed by atoms with Gasteiger partial charge in [0.25, 0.3) is 11.8 Å². The van der Waals surface area contributed by atoms with Crippen LogP contribution < -0.4 is 4.90 Å². The number of halogens is 3. The first-order valence-electron chi connectivity index (χ1n) is 13.7. The van der Waals surface area contributed by atoms with Crippen LogP contribution in [0.1, 0.15) is 74.4 Å². The number of carbonyl (C=O) groups excluding carboxylic acids is 2. The van der Waals surface area contributed by atoms with Gasteiger partial charge in [-0.2, -0.15) is 13.2 Å². The molecule has 0 bridgehead atoms. The first-order valence-corrected chi connectivity index (χ1v) is 13.7. The summed E-state index contributed by atoms with van der Waals surface area (Å²) in [4.78, 5) is 44.4. The van der Waals surface area contributed by atoms with Gasteiger partial charge >= 0.3 is 6.18 Å². The molecule has 8 nitrogen and oxygen atoms in total. The second-order valence-corrected chi connectivity index (χ2v) is 10.8. The number of hydrogen-bond acceptors (Lipinski definition) is 6. The minimum atomic E-state index is -4.74. The fourth-order valence-electron chi connectivity index (χ4n) is 5.96. The van der Waals surface area contributed by atoms with Crippen molar-refractivity contribution in [2.75, 3.05) is 32.1 Å². The lowest BCUT2D eigenvalue weighted by Gasteiger charge is -2.37. The van der Waals surface area contributed by atoms with Crippen molar-refractivity contribution in [2.24, 2.45) is 0 Å². The Morgan fingerprint density at radius 1 is 0.951 bits per heavy atom. The van der Waals surface area contributed by atoms with E-state index in [2.05, 4.69) is 19.9 Å². The van der Waals surface area contributed by atoms with Crippen molar-refractivity contribution in [2.45, 2.75) is 57.8 Å². The van der Waals surface area contributed by atoms with Gasteiger partial charge in [-0.25, -0.2) is 9.97 Å². The zero-order valence-electron chi connectivity index (χ0n) is 23.6. The normalized spacial score (nSPS) is 17.3. The average molecular weight is 567 g/mol. The van der Waals surface area contributed by atoms with Gasteiger partial charge in [-0.1, -0.05) is 6.07 Å². The van der Waals surface area contributed by atoms with E-state index in [0.29, 0.717) is 18.4 Å². The molecule has 11 heteroatoms. The summed E-state index contributed by atoms with van der Waals surface area (Å²) in [6.45, 7) is 5.37. The summed E-state index contributed by atoms with van der Waals surface area (Å²) in [6.07, 6.45) is -0.896. The Labute approximate surface area is 237 Å². The minimum absolute atomic E-state index is 0.0578. The Bertz CT molecular complexity index is 1450. The van der Waals surface area contributed by atoms with Crippen LogP contribution in [0.4, 0.5) is 19.0 Å². The molecule has 1 saturated heterocycles. The van der Waals surface area contributed by atoms with E-state index in [-0.39, 0.29) is 11.9 Å². The molecule has 1 aliphatic heterocycles. The molecule has 0 N–H and O–H groups in total. The van der Waals surface area contributed by atoms with Crippen LogP contribution in [0.15, 0.2) is 42.6 Å². The van der Waals surface area contributed by atoms with Crippen LogP contribution in [0.3, 0.4) is 0 Å². The van der Waals surface area contributed by atoms with Crippen molar-refractivity contribution < 1.29 is 22.8 Å². The van der Waals surface area contributed by atoms with Gasteiger partial charge < -0.3 is 14.7 Å². The molecule has 2 aliphatic rings. The number of anilines is 1. The predicted octanol–water partition coefficient (Wildman–Crippen LogP) is 5.01. The van der Waals surface area contributed by atoms with Crippen LogP contribution in [-0.2, 0) is 12.6 Å². The second-order valence-electron chi connectivity index (χ2n) is 10.8. The Hall–Kier alpha value is -4.02. The molecule has 1 aromatic carbocycles. The lowest BCUT2D eigenvalue weighted by Crippen LogP contribution is -2.46. The molecule has 1 atom stereocenters. The number of carbonyl (C=O) groups is 2. The highest BCUT2D eigenvalue weighted by Gasteiger charge is 2.39. The molecule has 1 aliphatic carbocycles. The van der Waals surface area contributed by atoms with Gasteiger partial charge in [-0.3, -0.25) is 14.6 Å². The van der Waals surface area contributed by atoms with Gasteiger partial charge in [0.1, 0.15) is 11.6 Å². The van der Waals surface area contributed by atoms with E-state index < -0.39 is 29.4 Å². The van der Waals surface area contributed by atoms with Crippen LogP contribution in [0.2, 0.25) is 0 Å². The Morgan fingerprint density at radius 2 is 1.68 bits per heavy atom. The lowest BCUT2D eigenvalue weighted by atomic mass is 9.99. The summed E-state index contributed by atoms with van der Waals surface area (Å²) in [7, 11) is 3.31. The quantitative estimate of drug-likeness (QED) is 0.432. The van der Waals surface area contributed by atoms with Crippen LogP contribution in [-0.4, -0.2) is 69.8 Å². The van der Waals surface area contributed by atoms with Gasteiger partial charge in [-0.15, -0.1) is 0 Å². The van der Waals surface area contributed by atoms with E-state index in [9.17, 15) is 22.8 Å². The van der Waals surface area contributed by atoms with Crippen molar-refractivity contribution in [1.82, 2.24) is 24.8 Å². The number of aryl methyl sites for hydroxylation is 3. The van der Waals surface area contributed by atoms with E-state index >= 15 is 0 Å². The second kappa shape index (κ2) is 11.1. The van der Waals surface area contributed by atoms with Crippen molar-refractivity contribution in [3.05, 3.63) is 82.1 Å². The molecular weight excluding hydrogens is 533 g/mol. The van der Waals surface area contributed by atoms with Crippen molar-refractivity contribution in [3.63, 3.8) is 0 Å². The third-order valence-corrected chi connectivity index (χ3v) is 8.14. The van der Waals surface area contributed by atoms with Crippen LogP contribution in [0, 0.1) is 13.8 Å². The first kappa shape index (κ1) is 28.5. The van der Waals surface area contributed by atoms with E-state index in [4.69, 9.17) is 0 Å². The number of alkyl halides is 3. The highest BCUT2D eigenvalue weighted by Crippen LogP contribution is 2.38. The molecule has 3 heterocycles. The molecule has 0 spiro atoms. The summed E-state index contributed by atoms with van der Waals surface area (Å²) in [5.41, 5.74) is 1.52. The molecule has 3 aromatic rings. The molecule has 0 saturated carbocycles. The first-order chi connectivity index (χ1) is 19.4. The summed E-state index contributed by atoms with van der Waals surface area (Å²) in [5, 5.41) is 0. The van der Waals surface area contributed by atoms with E-state index in [1.54, 1.807) is 17.0 Å². The number of aromatic nitrogens is 3. The fourth-order valence-corrected chi connectivity index (χ4v) is 5.96. The summed E-state index contributed by atoms with van der Waals surface area (Å²) >= 11 is 0. The van der Waals surface area contributed by atoms with Crippen LogP contribution >= 0.6 is 0 Å². The molecule has 216 valence electrons. The number of rotatable bonds is 5. The Kier molecular flexibility index (Phi) is 7.72. The topological polar surface area (TPSA) is 82.5 Å². The average Bonchev–Trinajstić information content (AvgIpc) is 3.38. The maximum atomic E-state index is 13.5. The number of piperidine rings is 1. The van der Waals surface area contributed by atoms with Gasteiger partial charge in [0.15, 0.2) is 5.69 Å². The molecule has 41 heavy (non-hydrogen) atoms. The molecule has 1 fully saturated rings. The highest BCUT2D eigenvalue weighted by molar-refractivity contribution is 5.96. The molecule has 2 amide bonds. The standard InChI is InChI=1S/C30H33F3N6O2/c1-18-16-26(36-19(2)35-18)39-14-11-22(12-15-39)37(3)28(40)21-8-7-20-9-10-25(24(20)17-21)38(4)29(41)23-6-5-13-34-27(23)30(31,32)33/h5-8,13,16-17,22,25H,9-12,14-15H2,1-4H3/t25-/m1/s1. The summed E-state index contributed by atoms with van der Waals surface area (Å²) < 4.78 is 40.5. The number of fused-ring (bicyclic) bond motifs is 1. The highest BCUT2D eigenvalue weighted by atomic mass is 19.4. The van der Waals surface area contributed by atoms with E-state index in [0.717, 1.165) is 66.7 Å². The SMILES string of the molecule is Cc1cc(N2CCC(N(C)C(=O)c3ccc4c(c3)[C@H](N(C)C(=O)c3cccnc3C(F)(F)F)CC4)CC2)nc(C)n1. The molecule has 0 unspecified atom stereocenters. The summed E-state index contributed by atoms with van der Waals surface area (Å²) in [5.74, 6) is 0.765. The van der Waals surface area contributed by atoms with E-state index in [1.165, 1.54) is 18.0 Å². The van der Waals surface area contributed by atoms with Gasteiger partial charge in [-0.05, 0) is 74.9 Å².